The molecule has 6 N–H and O–H groups in total. The summed E-state index contributed by atoms with van der Waals surface area (Å²) >= 11 is 0. The fourth-order valence-electron chi connectivity index (χ4n) is 1.28. The van der Waals surface area contributed by atoms with Crippen LogP contribution in [0.1, 0.15) is 12.5 Å². The van der Waals surface area contributed by atoms with Crippen LogP contribution in [0.5, 0.6) is 11.5 Å². The molecule has 88 valence electrons. The Morgan fingerprint density at radius 3 is 2.50 bits per heavy atom. The number of carboxylic acids is 1. The summed E-state index contributed by atoms with van der Waals surface area (Å²) in [5.74, 6) is 3.55. The van der Waals surface area contributed by atoms with Gasteiger partial charge in [-0.1, -0.05) is 6.07 Å². The lowest BCUT2D eigenvalue weighted by Gasteiger charge is -2.23. The molecular weight excluding hydrogens is 212 g/mol. The number of phenolic OH excluding ortho intramolecular Hbond substituents is 2. The molecule has 16 heavy (non-hydrogen) atoms. The Morgan fingerprint density at radius 1 is 1.44 bits per heavy atom. The van der Waals surface area contributed by atoms with Crippen LogP contribution in [-0.2, 0) is 11.2 Å². The van der Waals surface area contributed by atoms with Gasteiger partial charge in [0.05, 0.1) is 0 Å². The van der Waals surface area contributed by atoms with Gasteiger partial charge in [-0.15, -0.1) is 0 Å². The van der Waals surface area contributed by atoms with Gasteiger partial charge in [0, 0.05) is 6.42 Å². The van der Waals surface area contributed by atoms with Crippen LogP contribution in [0.25, 0.3) is 0 Å². The lowest BCUT2D eigenvalue weighted by atomic mass is 9.93. The molecule has 0 bridgehead atoms. The zero-order chi connectivity index (χ0) is 12.3. The van der Waals surface area contributed by atoms with Crippen molar-refractivity contribution in [2.45, 2.75) is 18.9 Å². The highest BCUT2D eigenvalue weighted by atomic mass is 16.4. The predicted molar refractivity (Wildman–Crippen MR) is 56.8 cm³/mol. The molecular formula is C10H14N2O4. The van der Waals surface area contributed by atoms with E-state index in [1.807, 2.05) is 0 Å². The van der Waals surface area contributed by atoms with Gasteiger partial charge in [-0.3, -0.25) is 10.6 Å². The van der Waals surface area contributed by atoms with E-state index in [0.29, 0.717) is 5.56 Å². The molecule has 1 atom stereocenters. The quantitative estimate of drug-likeness (QED) is 0.279. The number of carbonyl (C=O) groups is 1. The molecule has 0 aliphatic rings. The third-order valence-electron chi connectivity index (χ3n) is 2.39. The molecule has 0 spiro atoms. The SMILES string of the molecule is CC(Cc1ccc(O)c(O)c1)(NN)C(=O)O. The Morgan fingerprint density at radius 2 is 2.06 bits per heavy atom. The third-order valence-corrected chi connectivity index (χ3v) is 2.39. The minimum atomic E-state index is -1.32. The average Bonchev–Trinajstić information content (AvgIpc) is 2.23. The molecule has 0 fully saturated rings. The van der Waals surface area contributed by atoms with Gasteiger partial charge in [-0.2, -0.15) is 0 Å². The summed E-state index contributed by atoms with van der Waals surface area (Å²) in [7, 11) is 0. The first-order valence-electron chi connectivity index (χ1n) is 4.61. The van der Waals surface area contributed by atoms with Gasteiger partial charge in [-0.05, 0) is 24.6 Å². The number of hydrazine groups is 1. The number of benzene rings is 1. The zero-order valence-electron chi connectivity index (χ0n) is 8.77. The molecule has 1 aromatic rings. The molecule has 0 saturated heterocycles. The number of nitrogens with one attached hydrogen (secondary N) is 1. The predicted octanol–water partition coefficient (Wildman–Crippen LogP) is -0.0531. The van der Waals surface area contributed by atoms with E-state index in [4.69, 9.17) is 16.1 Å². The van der Waals surface area contributed by atoms with Crippen molar-refractivity contribution >= 4 is 5.97 Å². The van der Waals surface area contributed by atoms with Crippen LogP contribution in [0.15, 0.2) is 18.2 Å². The molecule has 6 heteroatoms. The standard InChI is InChI=1S/C10H14N2O4/c1-10(12-11,9(15)16)5-6-2-3-7(13)8(14)4-6/h2-4,12-14H,5,11H2,1H3,(H,15,16). The van der Waals surface area contributed by atoms with Gasteiger partial charge >= 0.3 is 5.97 Å². The molecule has 0 amide bonds. The fourth-order valence-corrected chi connectivity index (χ4v) is 1.28. The molecule has 0 aliphatic heterocycles. The minimum Gasteiger partial charge on any atom is -0.504 e. The summed E-state index contributed by atoms with van der Waals surface area (Å²) < 4.78 is 0. The smallest absolute Gasteiger partial charge is 0.325 e. The van der Waals surface area contributed by atoms with Crippen molar-refractivity contribution in [1.29, 1.82) is 0 Å². The Labute approximate surface area is 92.3 Å². The Kier molecular flexibility index (Phi) is 3.36. The Bertz CT molecular complexity index is 408. The second-order valence-corrected chi connectivity index (χ2v) is 3.78. The van der Waals surface area contributed by atoms with Gasteiger partial charge in [0.2, 0.25) is 0 Å². The number of hydrogen-bond donors (Lipinski definition) is 5. The van der Waals surface area contributed by atoms with Crippen molar-refractivity contribution in [3.63, 3.8) is 0 Å². The van der Waals surface area contributed by atoms with E-state index in [-0.39, 0.29) is 17.9 Å². The molecule has 1 unspecified atom stereocenters. The summed E-state index contributed by atoms with van der Waals surface area (Å²) in [6, 6.07) is 4.12. The summed E-state index contributed by atoms with van der Waals surface area (Å²) in [6.45, 7) is 1.43. The van der Waals surface area contributed by atoms with Crippen molar-refractivity contribution in [1.82, 2.24) is 5.43 Å². The van der Waals surface area contributed by atoms with Crippen LogP contribution in [0.2, 0.25) is 0 Å². The zero-order valence-corrected chi connectivity index (χ0v) is 8.77. The molecule has 0 saturated carbocycles. The van der Waals surface area contributed by atoms with E-state index in [0.717, 1.165) is 0 Å². The number of aromatic hydroxyl groups is 2. The van der Waals surface area contributed by atoms with E-state index >= 15 is 0 Å². The van der Waals surface area contributed by atoms with Crippen LogP contribution >= 0.6 is 0 Å². The monoisotopic (exact) mass is 226 g/mol. The van der Waals surface area contributed by atoms with E-state index in [2.05, 4.69) is 5.43 Å². The van der Waals surface area contributed by atoms with Crippen molar-refractivity contribution < 1.29 is 20.1 Å². The highest BCUT2D eigenvalue weighted by Crippen LogP contribution is 2.26. The summed E-state index contributed by atoms with van der Waals surface area (Å²) in [5.41, 5.74) is 1.45. The number of aliphatic carboxylic acids is 1. The topological polar surface area (TPSA) is 116 Å². The van der Waals surface area contributed by atoms with Gasteiger partial charge in [0.25, 0.3) is 0 Å². The maximum absolute atomic E-state index is 11.0. The number of carboxylic acid groups (broad SMARTS) is 1. The van der Waals surface area contributed by atoms with Gasteiger partial charge in [-0.25, -0.2) is 5.43 Å². The third kappa shape index (κ3) is 2.41. The normalized spacial score (nSPS) is 14.4. The maximum Gasteiger partial charge on any atom is 0.325 e. The highest BCUT2D eigenvalue weighted by Gasteiger charge is 2.32. The lowest BCUT2D eigenvalue weighted by molar-refractivity contribution is -0.144. The van der Waals surface area contributed by atoms with Gasteiger partial charge in [0.15, 0.2) is 11.5 Å². The second kappa shape index (κ2) is 4.38. The Balaban J connectivity index is 2.95. The summed E-state index contributed by atoms with van der Waals surface area (Å²) in [5, 5.41) is 27.3. The van der Waals surface area contributed by atoms with Gasteiger partial charge in [0.1, 0.15) is 5.54 Å². The van der Waals surface area contributed by atoms with Crippen LogP contribution < -0.4 is 11.3 Å². The van der Waals surface area contributed by atoms with Crippen molar-refractivity contribution in [3.8, 4) is 11.5 Å². The van der Waals surface area contributed by atoms with Crippen LogP contribution in [-0.4, -0.2) is 26.8 Å². The first kappa shape index (κ1) is 12.3. The molecule has 1 aromatic carbocycles. The Hall–Kier alpha value is -1.79. The van der Waals surface area contributed by atoms with Crippen molar-refractivity contribution in [2.75, 3.05) is 0 Å². The first-order valence-corrected chi connectivity index (χ1v) is 4.61. The largest absolute Gasteiger partial charge is 0.504 e. The van der Waals surface area contributed by atoms with E-state index < -0.39 is 11.5 Å². The van der Waals surface area contributed by atoms with E-state index in [1.165, 1.54) is 25.1 Å². The highest BCUT2D eigenvalue weighted by molar-refractivity contribution is 5.78. The molecule has 0 aromatic heterocycles. The van der Waals surface area contributed by atoms with Crippen molar-refractivity contribution in [3.05, 3.63) is 23.8 Å². The maximum atomic E-state index is 11.0. The van der Waals surface area contributed by atoms with Gasteiger partial charge < -0.3 is 15.3 Å². The number of phenols is 2. The first-order chi connectivity index (χ1) is 7.39. The average molecular weight is 226 g/mol. The van der Waals surface area contributed by atoms with E-state index in [9.17, 15) is 9.90 Å². The van der Waals surface area contributed by atoms with Crippen LogP contribution in [0.3, 0.4) is 0 Å². The summed E-state index contributed by atoms with van der Waals surface area (Å²) in [4.78, 5) is 11.0. The molecule has 1 rings (SSSR count). The van der Waals surface area contributed by atoms with Crippen molar-refractivity contribution in [2.24, 2.45) is 5.84 Å². The number of rotatable bonds is 4. The molecule has 0 aliphatic carbocycles. The minimum absolute atomic E-state index is 0.0900. The lowest BCUT2D eigenvalue weighted by Crippen LogP contribution is -2.54. The molecule has 0 heterocycles. The van der Waals surface area contributed by atoms with Crippen LogP contribution in [0.4, 0.5) is 0 Å². The summed E-state index contributed by atoms with van der Waals surface area (Å²) in [6.07, 6.45) is 0.0900. The van der Waals surface area contributed by atoms with Crippen LogP contribution in [0, 0.1) is 0 Å². The number of nitrogens with two attached hydrogens (primary N) is 1. The second-order valence-electron chi connectivity index (χ2n) is 3.78. The fraction of sp³-hybridized carbons (Fsp3) is 0.300. The number of hydrogen-bond acceptors (Lipinski definition) is 5. The molecule has 6 nitrogen and oxygen atoms in total. The van der Waals surface area contributed by atoms with E-state index in [1.54, 1.807) is 0 Å². The molecule has 0 radical (unpaired) electrons.